The van der Waals surface area contributed by atoms with Crippen LogP contribution < -0.4 is 10.6 Å². The average Bonchev–Trinajstić information content (AvgIpc) is 2.46. The van der Waals surface area contributed by atoms with E-state index < -0.39 is 0 Å². The molecule has 0 aliphatic heterocycles. The van der Waals surface area contributed by atoms with Gasteiger partial charge in [0.2, 0.25) is 5.91 Å². The largest absolute Gasteiger partial charge is 0.467 e. The van der Waals surface area contributed by atoms with Gasteiger partial charge in [-0.25, -0.2) is 4.79 Å². The first-order valence-corrected chi connectivity index (χ1v) is 6.34. The van der Waals surface area contributed by atoms with E-state index in [1.807, 2.05) is 6.92 Å². The standard InChI is InChI=1S/C14H20N2O4/c1-4-12(14(18)20-3)15-10-5-7-11(8-6-10)16-13(17)9-19-2/h5-8,12,15H,4,9H2,1-3H3,(H,16,17). The Hall–Kier alpha value is -2.08. The molecule has 0 aliphatic carbocycles. The minimum atomic E-state index is -0.381. The molecule has 20 heavy (non-hydrogen) atoms. The van der Waals surface area contributed by atoms with Crippen molar-refractivity contribution in [2.24, 2.45) is 0 Å². The van der Waals surface area contributed by atoms with Crippen LogP contribution in [0.15, 0.2) is 24.3 Å². The first-order valence-electron chi connectivity index (χ1n) is 6.34. The Balaban J connectivity index is 2.62. The van der Waals surface area contributed by atoms with Crippen LogP contribution in [0.1, 0.15) is 13.3 Å². The maximum atomic E-state index is 11.5. The molecule has 1 aromatic rings. The minimum Gasteiger partial charge on any atom is -0.467 e. The molecule has 0 aliphatic rings. The van der Waals surface area contributed by atoms with Crippen LogP contribution in [-0.4, -0.2) is 38.7 Å². The maximum absolute atomic E-state index is 11.5. The minimum absolute atomic E-state index is 0.0141. The van der Waals surface area contributed by atoms with Gasteiger partial charge in [-0.15, -0.1) is 0 Å². The molecule has 6 heteroatoms. The number of rotatable bonds is 7. The van der Waals surface area contributed by atoms with Crippen molar-refractivity contribution < 1.29 is 19.1 Å². The van der Waals surface area contributed by atoms with Gasteiger partial charge in [-0.3, -0.25) is 4.79 Å². The van der Waals surface area contributed by atoms with E-state index in [0.717, 1.165) is 5.69 Å². The van der Waals surface area contributed by atoms with E-state index >= 15 is 0 Å². The van der Waals surface area contributed by atoms with Crippen LogP contribution in [0, 0.1) is 0 Å². The van der Waals surface area contributed by atoms with Gasteiger partial charge in [0.05, 0.1) is 7.11 Å². The summed E-state index contributed by atoms with van der Waals surface area (Å²) in [5.41, 5.74) is 1.45. The quantitative estimate of drug-likeness (QED) is 0.742. The zero-order chi connectivity index (χ0) is 15.0. The number of carbonyl (C=O) groups is 2. The molecule has 0 aromatic heterocycles. The Morgan fingerprint density at radius 3 is 2.25 bits per heavy atom. The van der Waals surface area contributed by atoms with Gasteiger partial charge in [0.25, 0.3) is 0 Å². The molecule has 110 valence electrons. The highest BCUT2D eigenvalue weighted by molar-refractivity contribution is 5.91. The van der Waals surface area contributed by atoms with E-state index in [4.69, 9.17) is 9.47 Å². The Morgan fingerprint density at radius 2 is 1.75 bits per heavy atom. The smallest absolute Gasteiger partial charge is 0.328 e. The molecule has 0 saturated carbocycles. The van der Waals surface area contributed by atoms with Crippen LogP contribution in [0.5, 0.6) is 0 Å². The summed E-state index contributed by atoms with van der Waals surface area (Å²) in [4.78, 5) is 22.8. The van der Waals surface area contributed by atoms with Crippen molar-refractivity contribution in [2.75, 3.05) is 31.5 Å². The van der Waals surface area contributed by atoms with Gasteiger partial charge in [-0.05, 0) is 30.7 Å². The zero-order valence-electron chi connectivity index (χ0n) is 11.9. The monoisotopic (exact) mass is 280 g/mol. The molecule has 6 nitrogen and oxygen atoms in total. The summed E-state index contributed by atoms with van der Waals surface area (Å²) in [6.45, 7) is 1.91. The summed E-state index contributed by atoms with van der Waals surface area (Å²) >= 11 is 0. The van der Waals surface area contributed by atoms with Crippen LogP contribution in [0.25, 0.3) is 0 Å². The summed E-state index contributed by atoms with van der Waals surface area (Å²) in [5, 5.41) is 5.76. The van der Waals surface area contributed by atoms with Crippen LogP contribution in [-0.2, 0) is 19.1 Å². The fourth-order valence-corrected chi connectivity index (χ4v) is 1.65. The van der Waals surface area contributed by atoms with E-state index in [9.17, 15) is 9.59 Å². The van der Waals surface area contributed by atoms with Crippen molar-refractivity contribution in [1.29, 1.82) is 0 Å². The lowest BCUT2D eigenvalue weighted by molar-refractivity contribution is -0.141. The SMILES string of the molecule is CCC(Nc1ccc(NC(=O)COC)cc1)C(=O)OC. The van der Waals surface area contributed by atoms with Crippen molar-refractivity contribution >= 4 is 23.3 Å². The van der Waals surface area contributed by atoms with Gasteiger partial charge >= 0.3 is 5.97 Å². The predicted molar refractivity (Wildman–Crippen MR) is 76.7 cm³/mol. The molecule has 0 heterocycles. The van der Waals surface area contributed by atoms with E-state index in [1.54, 1.807) is 24.3 Å². The predicted octanol–water partition coefficient (Wildman–Crippen LogP) is 1.64. The fourth-order valence-electron chi connectivity index (χ4n) is 1.65. The number of hydrogen-bond acceptors (Lipinski definition) is 5. The highest BCUT2D eigenvalue weighted by Crippen LogP contribution is 2.15. The van der Waals surface area contributed by atoms with Crippen LogP contribution in [0.2, 0.25) is 0 Å². The molecule has 0 spiro atoms. The second kappa shape index (κ2) is 8.16. The van der Waals surface area contributed by atoms with Crippen LogP contribution >= 0.6 is 0 Å². The molecule has 0 bridgehead atoms. The molecule has 2 N–H and O–H groups in total. The zero-order valence-corrected chi connectivity index (χ0v) is 11.9. The third kappa shape index (κ3) is 4.89. The molecule has 1 rings (SSSR count). The highest BCUT2D eigenvalue weighted by atomic mass is 16.5. The van der Waals surface area contributed by atoms with E-state index in [0.29, 0.717) is 12.1 Å². The molecule has 1 unspecified atom stereocenters. The molecule has 1 amide bonds. The van der Waals surface area contributed by atoms with Gasteiger partial charge in [0.15, 0.2) is 0 Å². The normalized spacial score (nSPS) is 11.6. The average molecular weight is 280 g/mol. The fraction of sp³-hybridized carbons (Fsp3) is 0.429. The Kier molecular flexibility index (Phi) is 6.52. The van der Waals surface area contributed by atoms with Gasteiger partial charge in [-0.2, -0.15) is 0 Å². The molecule has 1 atom stereocenters. The van der Waals surface area contributed by atoms with Crippen molar-refractivity contribution in [3.8, 4) is 0 Å². The number of ether oxygens (including phenoxy) is 2. The highest BCUT2D eigenvalue weighted by Gasteiger charge is 2.16. The van der Waals surface area contributed by atoms with Crippen LogP contribution in [0.4, 0.5) is 11.4 Å². The number of benzene rings is 1. The number of hydrogen-bond donors (Lipinski definition) is 2. The molecule has 0 fully saturated rings. The molecular formula is C14H20N2O4. The molecule has 0 radical (unpaired) electrons. The lowest BCUT2D eigenvalue weighted by atomic mass is 10.2. The van der Waals surface area contributed by atoms with Gasteiger partial charge in [0, 0.05) is 18.5 Å². The summed E-state index contributed by atoms with van der Waals surface area (Å²) in [5.74, 6) is -0.515. The van der Waals surface area contributed by atoms with Gasteiger partial charge < -0.3 is 20.1 Å². The number of carbonyl (C=O) groups excluding carboxylic acids is 2. The van der Waals surface area contributed by atoms with Crippen molar-refractivity contribution in [3.63, 3.8) is 0 Å². The first-order chi connectivity index (χ1) is 9.60. The lowest BCUT2D eigenvalue weighted by Gasteiger charge is -2.16. The summed E-state index contributed by atoms with van der Waals surface area (Å²) in [6, 6.07) is 6.69. The number of nitrogens with one attached hydrogen (secondary N) is 2. The third-order valence-electron chi connectivity index (χ3n) is 2.68. The number of esters is 1. The summed E-state index contributed by atoms with van der Waals surface area (Å²) in [7, 11) is 2.82. The van der Waals surface area contributed by atoms with E-state index in [-0.39, 0.29) is 24.5 Å². The maximum Gasteiger partial charge on any atom is 0.328 e. The second-order valence-electron chi connectivity index (χ2n) is 4.19. The van der Waals surface area contributed by atoms with Crippen molar-refractivity contribution in [1.82, 2.24) is 0 Å². The number of methoxy groups -OCH3 is 2. The van der Waals surface area contributed by atoms with E-state index in [1.165, 1.54) is 14.2 Å². The van der Waals surface area contributed by atoms with E-state index in [2.05, 4.69) is 10.6 Å². The molecule has 0 saturated heterocycles. The van der Waals surface area contributed by atoms with Gasteiger partial charge in [0.1, 0.15) is 12.6 Å². The number of amides is 1. The third-order valence-corrected chi connectivity index (χ3v) is 2.68. The van der Waals surface area contributed by atoms with Crippen molar-refractivity contribution in [2.45, 2.75) is 19.4 Å². The molecule has 1 aromatic carbocycles. The lowest BCUT2D eigenvalue weighted by Crippen LogP contribution is -2.29. The van der Waals surface area contributed by atoms with Gasteiger partial charge in [-0.1, -0.05) is 6.92 Å². The van der Waals surface area contributed by atoms with Crippen LogP contribution in [0.3, 0.4) is 0 Å². The molecular weight excluding hydrogens is 260 g/mol. The Morgan fingerprint density at radius 1 is 1.15 bits per heavy atom. The second-order valence-corrected chi connectivity index (χ2v) is 4.19. The first kappa shape index (κ1) is 16.0. The number of anilines is 2. The topological polar surface area (TPSA) is 76.7 Å². The summed E-state index contributed by atoms with van der Waals surface area (Å²) in [6.07, 6.45) is 0.624. The summed E-state index contributed by atoms with van der Waals surface area (Å²) < 4.78 is 9.44. The Bertz CT molecular complexity index is 445. The van der Waals surface area contributed by atoms with Crippen molar-refractivity contribution in [3.05, 3.63) is 24.3 Å². The Labute approximate surface area is 118 Å².